The number of benzene rings is 1. The smallest absolute Gasteiger partial charge is 0.337 e. The molecule has 3 heterocycles. The molecular weight excluding hydrogens is 370 g/mol. The van der Waals surface area contributed by atoms with Gasteiger partial charge in [-0.2, -0.15) is 4.98 Å². The Kier molecular flexibility index (Phi) is 4.41. The lowest BCUT2D eigenvalue weighted by Crippen LogP contribution is -2.22. The highest BCUT2D eigenvalue weighted by Gasteiger charge is 2.23. The number of hydrogen-bond acceptors (Lipinski definition) is 5. The molecule has 3 N–H and O–H groups in total. The average molecular weight is 388 g/mol. The number of hydrogen-bond donors (Lipinski definition) is 3. The van der Waals surface area contributed by atoms with Gasteiger partial charge in [0.05, 0.1) is 23.8 Å². The van der Waals surface area contributed by atoms with Gasteiger partial charge < -0.3 is 24.8 Å². The highest BCUT2D eigenvalue weighted by atomic mass is 35.5. The molecule has 140 valence electrons. The van der Waals surface area contributed by atoms with Gasteiger partial charge in [0.1, 0.15) is 5.82 Å². The number of nitrogens with one attached hydrogen (secondary N) is 1. The van der Waals surface area contributed by atoms with Crippen LogP contribution in [0.3, 0.4) is 0 Å². The quantitative estimate of drug-likeness (QED) is 0.636. The number of carboxylic acid groups (broad SMARTS) is 1. The Morgan fingerprint density at radius 3 is 2.85 bits per heavy atom. The van der Waals surface area contributed by atoms with Crippen LogP contribution in [0.5, 0.6) is 5.88 Å². The first kappa shape index (κ1) is 17.6. The molecule has 27 heavy (non-hydrogen) atoms. The number of anilines is 1. The number of rotatable bonds is 4. The van der Waals surface area contributed by atoms with E-state index in [0.717, 1.165) is 12.4 Å². The summed E-state index contributed by atoms with van der Waals surface area (Å²) in [4.78, 5) is 20.9. The van der Waals surface area contributed by atoms with Crippen molar-refractivity contribution in [3.05, 3.63) is 41.0 Å². The van der Waals surface area contributed by atoms with Crippen molar-refractivity contribution in [2.24, 2.45) is 0 Å². The van der Waals surface area contributed by atoms with E-state index in [-0.39, 0.29) is 11.7 Å². The summed E-state index contributed by atoms with van der Waals surface area (Å²) in [6, 6.07) is 7.14. The lowest BCUT2D eigenvalue weighted by molar-refractivity contribution is 0.0699. The number of aromatic amines is 1. The second-order valence-corrected chi connectivity index (χ2v) is 6.91. The van der Waals surface area contributed by atoms with Crippen LogP contribution in [0.25, 0.3) is 22.0 Å². The summed E-state index contributed by atoms with van der Waals surface area (Å²) in [6.45, 7) is 1.27. The Morgan fingerprint density at radius 2 is 2.19 bits per heavy atom. The molecule has 0 radical (unpaired) electrons. The summed E-state index contributed by atoms with van der Waals surface area (Å²) in [6.07, 6.45) is 1.81. The van der Waals surface area contributed by atoms with E-state index < -0.39 is 5.97 Å². The van der Waals surface area contributed by atoms with E-state index in [1.165, 1.54) is 13.3 Å². The molecule has 1 saturated heterocycles. The van der Waals surface area contributed by atoms with E-state index in [4.69, 9.17) is 16.3 Å². The number of H-pyrrole nitrogens is 1. The minimum absolute atomic E-state index is 0.178. The normalized spacial score (nSPS) is 16.9. The van der Waals surface area contributed by atoms with Crippen LogP contribution in [0, 0.1) is 0 Å². The largest absolute Gasteiger partial charge is 0.480 e. The summed E-state index contributed by atoms with van der Waals surface area (Å²) in [5, 5.41) is 20.1. The van der Waals surface area contributed by atoms with Crippen molar-refractivity contribution in [2.45, 2.75) is 12.5 Å². The molecule has 1 atom stereocenters. The number of methoxy groups -OCH3 is 1. The van der Waals surface area contributed by atoms with Crippen molar-refractivity contribution in [1.82, 2.24) is 9.97 Å². The third kappa shape index (κ3) is 3.09. The van der Waals surface area contributed by atoms with E-state index in [9.17, 15) is 15.0 Å². The topological polar surface area (TPSA) is 98.7 Å². The predicted molar refractivity (Wildman–Crippen MR) is 103 cm³/mol. The number of aromatic nitrogens is 2. The van der Waals surface area contributed by atoms with Crippen molar-refractivity contribution < 1.29 is 19.7 Å². The average Bonchev–Trinajstić information content (AvgIpc) is 3.26. The maximum absolute atomic E-state index is 11.4. The molecule has 0 spiro atoms. The molecule has 1 aromatic carbocycles. The van der Waals surface area contributed by atoms with Crippen molar-refractivity contribution >= 4 is 34.3 Å². The molecule has 3 aromatic rings. The predicted octanol–water partition coefficient (Wildman–Crippen LogP) is 3.16. The van der Waals surface area contributed by atoms with Gasteiger partial charge in [-0.3, -0.25) is 0 Å². The molecule has 1 aliphatic rings. The number of aromatic carboxylic acids is 1. The number of nitrogens with zero attached hydrogens (tertiary/aromatic N) is 2. The minimum atomic E-state index is -1.01. The molecular formula is C19H18ClN3O4. The van der Waals surface area contributed by atoms with Crippen molar-refractivity contribution in [1.29, 1.82) is 0 Å². The molecule has 0 unspecified atom stereocenters. The number of pyridine rings is 1. The molecule has 2 aromatic heterocycles. The Morgan fingerprint density at radius 1 is 1.37 bits per heavy atom. The van der Waals surface area contributed by atoms with Crippen molar-refractivity contribution in [3.63, 3.8) is 0 Å². The van der Waals surface area contributed by atoms with Crippen molar-refractivity contribution in [3.8, 4) is 17.0 Å². The standard InChI is InChI=1S/C19H18ClN3O4/c1-27-18-11(2-3-17(22-18)23-5-4-10(24)9-23)12-6-13-14(19(25)26)8-21-16(13)7-15(12)20/h2-3,6-8,10,21,24H,4-5,9H2,1H3,(H,25,26)/t10-/m0/s1. The Labute approximate surface area is 160 Å². The monoisotopic (exact) mass is 387 g/mol. The van der Waals surface area contributed by atoms with Gasteiger partial charge in [-0.05, 0) is 30.7 Å². The van der Waals surface area contributed by atoms with Gasteiger partial charge in [0.15, 0.2) is 0 Å². The molecule has 8 heteroatoms. The molecule has 4 rings (SSSR count). The number of halogens is 1. The molecule has 1 aliphatic heterocycles. The Bertz CT molecular complexity index is 1030. The van der Waals surface area contributed by atoms with Gasteiger partial charge in [0.25, 0.3) is 0 Å². The molecule has 7 nitrogen and oxygen atoms in total. The highest BCUT2D eigenvalue weighted by Crippen LogP contribution is 2.38. The molecule has 0 amide bonds. The van der Waals surface area contributed by atoms with E-state index >= 15 is 0 Å². The maximum atomic E-state index is 11.4. The molecule has 0 saturated carbocycles. The fraction of sp³-hybridized carbons (Fsp3) is 0.263. The number of carbonyl (C=O) groups is 1. The zero-order chi connectivity index (χ0) is 19.1. The minimum Gasteiger partial charge on any atom is -0.480 e. The zero-order valence-corrected chi connectivity index (χ0v) is 15.3. The van der Waals surface area contributed by atoms with Gasteiger partial charge >= 0.3 is 5.97 Å². The van der Waals surface area contributed by atoms with Crippen LogP contribution in [0.2, 0.25) is 5.02 Å². The van der Waals surface area contributed by atoms with Crippen LogP contribution in [0.4, 0.5) is 5.82 Å². The van der Waals surface area contributed by atoms with Crippen LogP contribution in [-0.4, -0.2) is 52.5 Å². The lowest BCUT2D eigenvalue weighted by Gasteiger charge is -2.19. The van der Waals surface area contributed by atoms with Gasteiger partial charge in [-0.15, -0.1) is 0 Å². The third-order valence-corrected chi connectivity index (χ3v) is 5.13. The number of ether oxygens (including phenoxy) is 1. The zero-order valence-electron chi connectivity index (χ0n) is 14.6. The van der Waals surface area contributed by atoms with Crippen LogP contribution in [-0.2, 0) is 0 Å². The lowest BCUT2D eigenvalue weighted by atomic mass is 10.0. The van der Waals surface area contributed by atoms with Gasteiger partial charge in [0.2, 0.25) is 5.88 Å². The van der Waals surface area contributed by atoms with Gasteiger partial charge in [-0.1, -0.05) is 11.6 Å². The fourth-order valence-electron chi connectivity index (χ4n) is 3.44. The first-order valence-electron chi connectivity index (χ1n) is 8.50. The summed E-state index contributed by atoms with van der Waals surface area (Å²) in [5.74, 6) is 0.0994. The van der Waals surface area contributed by atoms with Crippen LogP contribution < -0.4 is 9.64 Å². The number of β-amino-alcohol motifs (C(OH)–C–C–N with tert-alkyl or cyclic N) is 1. The van der Waals surface area contributed by atoms with E-state index in [0.29, 0.717) is 45.9 Å². The fourth-order valence-corrected chi connectivity index (χ4v) is 3.71. The SMILES string of the molecule is COc1nc(N2CC[C@H](O)C2)ccc1-c1cc2c(C(=O)O)c[nH]c2cc1Cl. The molecule has 0 bridgehead atoms. The molecule has 0 aliphatic carbocycles. The summed E-state index contributed by atoms with van der Waals surface area (Å²) < 4.78 is 5.47. The second-order valence-electron chi connectivity index (χ2n) is 6.50. The van der Waals surface area contributed by atoms with Gasteiger partial charge in [0, 0.05) is 41.3 Å². The summed E-state index contributed by atoms with van der Waals surface area (Å²) >= 11 is 6.45. The highest BCUT2D eigenvalue weighted by molar-refractivity contribution is 6.34. The molecule has 1 fully saturated rings. The first-order valence-corrected chi connectivity index (χ1v) is 8.88. The van der Waals surface area contributed by atoms with Crippen molar-refractivity contribution in [2.75, 3.05) is 25.1 Å². The maximum Gasteiger partial charge on any atom is 0.337 e. The first-order chi connectivity index (χ1) is 13.0. The van der Waals surface area contributed by atoms with Crippen LogP contribution >= 0.6 is 11.6 Å². The van der Waals surface area contributed by atoms with Gasteiger partial charge in [-0.25, -0.2) is 4.79 Å². The Hall–Kier alpha value is -2.77. The summed E-state index contributed by atoms with van der Waals surface area (Å²) in [5.41, 5.74) is 2.14. The third-order valence-electron chi connectivity index (χ3n) is 4.82. The van der Waals surface area contributed by atoms with E-state index in [2.05, 4.69) is 9.97 Å². The Balaban J connectivity index is 1.81. The van der Waals surface area contributed by atoms with E-state index in [1.54, 1.807) is 12.1 Å². The van der Waals surface area contributed by atoms with Crippen LogP contribution in [0.15, 0.2) is 30.5 Å². The number of carboxylic acids is 1. The number of aliphatic hydroxyl groups is 1. The number of fused-ring (bicyclic) bond motifs is 1. The summed E-state index contributed by atoms with van der Waals surface area (Å²) in [7, 11) is 1.53. The number of aliphatic hydroxyl groups excluding tert-OH is 1. The second kappa shape index (κ2) is 6.75. The van der Waals surface area contributed by atoms with E-state index in [1.807, 2.05) is 17.0 Å². The van der Waals surface area contributed by atoms with Crippen LogP contribution in [0.1, 0.15) is 16.8 Å².